The summed E-state index contributed by atoms with van der Waals surface area (Å²) in [5.41, 5.74) is 10.5. The van der Waals surface area contributed by atoms with Gasteiger partial charge >= 0.3 is 0 Å². The quantitative estimate of drug-likeness (QED) is 0.539. The van der Waals surface area contributed by atoms with Gasteiger partial charge < -0.3 is 10.7 Å². The summed E-state index contributed by atoms with van der Waals surface area (Å²) < 4.78 is 0. The predicted molar refractivity (Wildman–Crippen MR) is 84.1 cm³/mol. The number of carbonyl (C=O) groups excluding carboxylic acids is 1. The lowest BCUT2D eigenvalue weighted by molar-refractivity contribution is -0.117. The van der Waals surface area contributed by atoms with Crippen LogP contribution in [0.5, 0.6) is 0 Å². The molecule has 1 amide bonds. The monoisotopic (exact) mass is 291 g/mol. The van der Waals surface area contributed by atoms with Crippen LogP contribution in [0.15, 0.2) is 42.6 Å². The lowest BCUT2D eigenvalue weighted by Crippen LogP contribution is -2.13. The van der Waals surface area contributed by atoms with Gasteiger partial charge in [0.25, 0.3) is 0 Å². The highest BCUT2D eigenvalue weighted by Crippen LogP contribution is 2.27. The zero-order valence-corrected chi connectivity index (χ0v) is 11.6. The number of carbonyl (C=O) groups is 1. The average molecular weight is 291 g/mol. The summed E-state index contributed by atoms with van der Waals surface area (Å²) in [7, 11) is 0. The van der Waals surface area contributed by atoms with Crippen LogP contribution in [-0.4, -0.2) is 26.1 Å². The maximum atomic E-state index is 11.0. The number of nitrogens with one attached hydrogen (secondary N) is 2. The van der Waals surface area contributed by atoms with Gasteiger partial charge in [0.1, 0.15) is 11.2 Å². The molecule has 108 valence electrons. The fourth-order valence-corrected chi connectivity index (χ4v) is 2.65. The highest BCUT2D eigenvalue weighted by Gasteiger charge is 2.12. The molecule has 1 aromatic carbocycles. The van der Waals surface area contributed by atoms with Gasteiger partial charge in [0.2, 0.25) is 5.91 Å². The van der Waals surface area contributed by atoms with E-state index in [0.717, 1.165) is 38.9 Å². The second-order valence-corrected chi connectivity index (χ2v) is 5.22. The molecule has 3 aromatic heterocycles. The van der Waals surface area contributed by atoms with E-state index >= 15 is 0 Å². The van der Waals surface area contributed by atoms with Crippen molar-refractivity contribution in [3.63, 3.8) is 0 Å². The largest absolute Gasteiger partial charge is 0.369 e. The summed E-state index contributed by atoms with van der Waals surface area (Å²) in [5, 5.41) is 8.36. The van der Waals surface area contributed by atoms with Crippen molar-refractivity contribution in [2.24, 2.45) is 5.73 Å². The number of primary amides is 1. The molecule has 22 heavy (non-hydrogen) atoms. The van der Waals surface area contributed by atoms with Crippen LogP contribution in [-0.2, 0) is 11.2 Å². The van der Waals surface area contributed by atoms with Gasteiger partial charge in [-0.3, -0.25) is 14.9 Å². The van der Waals surface area contributed by atoms with Gasteiger partial charge in [0.15, 0.2) is 0 Å². The Bertz CT molecular complexity index is 998. The molecule has 6 nitrogen and oxygen atoms in total. The third-order valence-corrected chi connectivity index (χ3v) is 3.64. The lowest BCUT2D eigenvalue weighted by Gasteiger charge is -1.97. The summed E-state index contributed by atoms with van der Waals surface area (Å²) in [4.78, 5) is 18.7. The van der Waals surface area contributed by atoms with Crippen LogP contribution in [0.3, 0.4) is 0 Å². The first-order chi connectivity index (χ1) is 10.7. The molecule has 6 heteroatoms. The van der Waals surface area contributed by atoms with Crippen molar-refractivity contribution in [2.75, 3.05) is 0 Å². The number of rotatable bonds is 3. The Morgan fingerprint density at radius 3 is 2.95 bits per heavy atom. The van der Waals surface area contributed by atoms with E-state index in [1.807, 2.05) is 36.4 Å². The predicted octanol–water partition coefficient (Wildman–Crippen LogP) is 2.13. The number of amides is 1. The number of benzene rings is 1. The minimum Gasteiger partial charge on any atom is -0.369 e. The molecule has 0 bridgehead atoms. The fourth-order valence-electron chi connectivity index (χ4n) is 2.65. The van der Waals surface area contributed by atoms with Crippen molar-refractivity contribution in [3.8, 4) is 11.4 Å². The summed E-state index contributed by atoms with van der Waals surface area (Å²) in [6.07, 6.45) is 1.98. The standard InChI is InChI=1S/C16H13N5O/c17-14(22)7-9-3-4-10-8-13(19-12(10)6-9)16-15-11(20-21-16)2-1-5-18-15/h1-6,8,19H,7H2,(H2,17,22)(H,20,21). The molecule has 0 fully saturated rings. The van der Waals surface area contributed by atoms with Crippen LogP contribution in [0.25, 0.3) is 33.3 Å². The zero-order valence-electron chi connectivity index (χ0n) is 11.6. The second kappa shape index (κ2) is 4.70. The van der Waals surface area contributed by atoms with Gasteiger partial charge in [-0.05, 0) is 29.8 Å². The number of aromatic nitrogens is 4. The number of H-pyrrole nitrogens is 2. The number of hydrogen-bond donors (Lipinski definition) is 3. The van der Waals surface area contributed by atoms with Crippen molar-refractivity contribution in [1.82, 2.24) is 20.2 Å². The molecule has 0 saturated heterocycles. The molecule has 0 atom stereocenters. The number of pyridine rings is 1. The van der Waals surface area contributed by atoms with E-state index in [2.05, 4.69) is 20.2 Å². The Balaban J connectivity index is 1.84. The van der Waals surface area contributed by atoms with Gasteiger partial charge in [-0.2, -0.15) is 5.10 Å². The summed E-state index contributed by atoms with van der Waals surface area (Å²) in [6, 6.07) is 11.6. The first-order valence-electron chi connectivity index (χ1n) is 6.90. The molecular weight excluding hydrogens is 278 g/mol. The summed E-state index contributed by atoms with van der Waals surface area (Å²) >= 11 is 0. The molecule has 0 unspecified atom stereocenters. The minimum atomic E-state index is -0.339. The van der Waals surface area contributed by atoms with E-state index in [-0.39, 0.29) is 12.3 Å². The molecule has 4 N–H and O–H groups in total. The second-order valence-electron chi connectivity index (χ2n) is 5.22. The van der Waals surface area contributed by atoms with Gasteiger partial charge in [-0.1, -0.05) is 12.1 Å². The first kappa shape index (κ1) is 12.6. The van der Waals surface area contributed by atoms with Crippen molar-refractivity contribution in [1.29, 1.82) is 0 Å². The van der Waals surface area contributed by atoms with E-state index in [1.165, 1.54) is 0 Å². The lowest BCUT2D eigenvalue weighted by atomic mass is 10.1. The Morgan fingerprint density at radius 2 is 2.09 bits per heavy atom. The van der Waals surface area contributed by atoms with Crippen LogP contribution in [0.1, 0.15) is 5.56 Å². The highest BCUT2D eigenvalue weighted by molar-refractivity contribution is 5.93. The molecule has 0 saturated carbocycles. The van der Waals surface area contributed by atoms with Gasteiger partial charge in [-0.25, -0.2) is 0 Å². The molecule has 0 aliphatic carbocycles. The molecule has 0 aliphatic heterocycles. The molecular formula is C16H13N5O. The number of nitrogens with zero attached hydrogens (tertiary/aromatic N) is 2. The van der Waals surface area contributed by atoms with E-state index < -0.39 is 0 Å². The van der Waals surface area contributed by atoms with Crippen LogP contribution < -0.4 is 5.73 Å². The van der Waals surface area contributed by atoms with E-state index in [9.17, 15) is 4.79 Å². The van der Waals surface area contributed by atoms with Gasteiger partial charge in [-0.15, -0.1) is 0 Å². The Morgan fingerprint density at radius 1 is 1.18 bits per heavy atom. The highest BCUT2D eigenvalue weighted by atomic mass is 16.1. The Labute approximate surface area is 125 Å². The van der Waals surface area contributed by atoms with E-state index in [0.29, 0.717) is 0 Å². The topological polar surface area (TPSA) is 100 Å². The number of aromatic amines is 2. The summed E-state index contributed by atoms with van der Waals surface area (Å²) in [6.45, 7) is 0. The Kier molecular flexibility index (Phi) is 2.69. The molecule has 0 aliphatic rings. The number of nitrogens with two attached hydrogens (primary N) is 1. The maximum Gasteiger partial charge on any atom is 0.221 e. The first-order valence-corrected chi connectivity index (χ1v) is 6.90. The zero-order chi connectivity index (χ0) is 15.1. The van der Waals surface area contributed by atoms with Crippen molar-refractivity contribution in [3.05, 3.63) is 48.2 Å². The maximum absolute atomic E-state index is 11.0. The molecule has 4 rings (SSSR count). The normalized spacial score (nSPS) is 11.3. The van der Waals surface area contributed by atoms with Crippen molar-refractivity contribution < 1.29 is 4.79 Å². The fraction of sp³-hybridized carbons (Fsp3) is 0.0625. The van der Waals surface area contributed by atoms with Crippen LogP contribution >= 0.6 is 0 Å². The smallest absolute Gasteiger partial charge is 0.221 e. The number of hydrogen-bond acceptors (Lipinski definition) is 3. The summed E-state index contributed by atoms with van der Waals surface area (Å²) in [5.74, 6) is -0.339. The average Bonchev–Trinajstić information content (AvgIpc) is 3.09. The van der Waals surface area contributed by atoms with Crippen molar-refractivity contribution >= 4 is 27.8 Å². The number of fused-ring (bicyclic) bond motifs is 2. The molecule has 3 heterocycles. The van der Waals surface area contributed by atoms with Crippen molar-refractivity contribution in [2.45, 2.75) is 6.42 Å². The van der Waals surface area contributed by atoms with E-state index in [4.69, 9.17) is 5.73 Å². The third-order valence-electron chi connectivity index (χ3n) is 3.64. The minimum absolute atomic E-state index is 0.233. The van der Waals surface area contributed by atoms with Crippen LogP contribution in [0.4, 0.5) is 0 Å². The molecule has 0 radical (unpaired) electrons. The molecule has 0 spiro atoms. The van der Waals surface area contributed by atoms with Crippen LogP contribution in [0.2, 0.25) is 0 Å². The van der Waals surface area contributed by atoms with Gasteiger partial charge in [0, 0.05) is 17.1 Å². The third kappa shape index (κ3) is 2.01. The molecule has 4 aromatic rings. The van der Waals surface area contributed by atoms with E-state index in [1.54, 1.807) is 6.20 Å². The Hall–Kier alpha value is -3.15. The van der Waals surface area contributed by atoms with Crippen LogP contribution in [0, 0.1) is 0 Å². The van der Waals surface area contributed by atoms with Gasteiger partial charge in [0.05, 0.1) is 17.6 Å². The SMILES string of the molecule is NC(=O)Cc1ccc2cc(-c3n[nH]c4cccnc34)[nH]c2c1.